The molecule has 1 aliphatic carbocycles. The van der Waals surface area contributed by atoms with Crippen LogP contribution in [0.1, 0.15) is 50.4 Å². The maximum Gasteiger partial charge on any atom is 0.413 e. The number of nitrogens with one attached hydrogen (secondary N) is 1. The summed E-state index contributed by atoms with van der Waals surface area (Å²) in [7, 11) is 0.758. The first-order chi connectivity index (χ1) is 15.1. The molecule has 10 heteroatoms. The molecule has 32 heavy (non-hydrogen) atoms. The van der Waals surface area contributed by atoms with Crippen molar-refractivity contribution in [1.82, 2.24) is 10.2 Å². The van der Waals surface area contributed by atoms with Crippen molar-refractivity contribution in [2.75, 3.05) is 20.6 Å². The zero-order valence-corrected chi connectivity index (χ0v) is 22.0. The van der Waals surface area contributed by atoms with Crippen molar-refractivity contribution in [1.29, 1.82) is 0 Å². The zero-order valence-electron chi connectivity index (χ0n) is 18.8. The number of halogens is 1. The topological polar surface area (TPSA) is 75.7 Å². The highest BCUT2D eigenvalue weighted by atomic mass is 35.5. The van der Waals surface area contributed by atoms with Crippen molar-refractivity contribution in [3.63, 3.8) is 0 Å². The molecule has 6 nitrogen and oxygen atoms in total. The van der Waals surface area contributed by atoms with Crippen molar-refractivity contribution in [2.45, 2.75) is 55.7 Å². The van der Waals surface area contributed by atoms with Crippen LogP contribution >= 0.6 is 34.3 Å². The summed E-state index contributed by atoms with van der Waals surface area (Å²) in [5.41, 5.74) is 0. The van der Waals surface area contributed by atoms with E-state index in [9.17, 15) is 13.2 Å². The molecule has 1 atom stereocenters. The minimum atomic E-state index is -3.52. The molecule has 0 saturated heterocycles. The van der Waals surface area contributed by atoms with Crippen molar-refractivity contribution in [3.05, 3.63) is 32.8 Å². The lowest BCUT2D eigenvalue weighted by atomic mass is 9.77. The van der Waals surface area contributed by atoms with Gasteiger partial charge < -0.3 is 15.0 Å². The van der Waals surface area contributed by atoms with Crippen LogP contribution < -0.4 is 10.1 Å². The van der Waals surface area contributed by atoms with E-state index >= 15 is 0 Å². The summed E-state index contributed by atoms with van der Waals surface area (Å²) in [4.78, 5) is 16.0. The van der Waals surface area contributed by atoms with Gasteiger partial charge in [0.25, 0.3) is 0 Å². The van der Waals surface area contributed by atoms with Crippen molar-refractivity contribution < 1.29 is 17.9 Å². The van der Waals surface area contributed by atoms with Crippen LogP contribution in [0.3, 0.4) is 0 Å². The standard InChI is InChI=1S/C22H31ClN2O4S3/c1-14(2)32(27,28)18-13-31-21(19(18)23)29-22(26)24-12-15-7-9-16(10-8-15)20(25(3)4)17-6-5-11-30-17/h5-6,11,13-16,20H,7-10,12H2,1-4H3,(H,24,26). The van der Waals surface area contributed by atoms with E-state index in [1.54, 1.807) is 13.8 Å². The van der Waals surface area contributed by atoms with Crippen LogP contribution in [0.2, 0.25) is 5.02 Å². The van der Waals surface area contributed by atoms with Gasteiger partial charge in [-0.1, -0.05) is 17.7 Å². The maximum atomic E-state index is 12.3. The van der Waals surface area contributed by atoms with E-state index in [1.807, 2.05) is 11.3 Å². The highest BCUT2D eigenvalue weighted by molar-refractivity contribution is 7.92. The number of ether oxygens (including phenoxy) is 1. The lowest BCUT2D eigenvalue weighted by molar-refractivity contribution is 0.149. The van der Waals surface area contributed by atoms with Crippen LogP contribution in [0, 0.1) is 11.8 Å². The molecule has 0 aliphatic heterocycles. The second-order valence-electron chi connectivity index (χ2n) is 8.77. The number of carbonyl (C=O) groups excluding carboxylic acids is 1. The Hall–Kier alpha value is -1.13. The molecule has 0 aromatic carbocycles. The van der Waals surface area contributed by atoms with Crippen LogP contribution in [0.4, 0.5) is 4.79 Å². The SMILES string of the molecule is CC(C)S(=O)(=O)c1csc(OC(=O)NCC2CCC(C(c3cccs3)N(C)C)CC2)c1Cl. The van der Waals surface area contributed by atoms with Crippen LogP contribution in [0.25, 0.3) is 0 Å². The molecule has 2 aromatic heterocycles. The van der Waals surface area contributed by atoms with Gasteiger partial charge in [-0.15, -0.1) is 22.7 Å². The largest absolute Gasteiger partial charge is 0.413 e. The Morgan fingerprint density at radius 3 is 2.50 bits per heavy atom. The molecule has 3 rings (SSSR count). The van der Waals surface area contributed by atoms with Gasteiger partial charge in [-0.2, -0.15) is 0 Å². The lowest BCUT2D eigenvalue weighted by Crippen LogP contribution is -2.35. The van der Waals surface area contributed by atoms with Crippen molar-refractivity contribution in [2.24, 2.45) is 11.8 Å². The van der Waals surface area contributed by atoms with Crippen molar-refractivity contribution >= 4 is 50.2 Å². The monoisotopic (exact) mass is 518 g/mol. The van der Waals surface area contributed by atoms with E-state index in [-0.39, 0.29) is 15.0 Å². The number of rotatable bonds is 8. The molecule has 1 amide bonds. The Balaban J connectivity index is 1.49. The highest BCUT2D eigenvalue weighted by Crippen LogP contribution is 2.41. The van der Waals surface area contributed by atoms with Gasteiger partial charge in [-0.25, -0.2) is 13.2 Å². The van der Waals surface area contributed by atoms with E-state index in [4.69, 9.17) is 16.3 Å². The zero-order chi connectivity index (χ0) is 23.5. The summed E-state index contributed by atoms with van der Waals surface area (Å²) in [6.45, 7) is 3.72. The number of hydrogen-bond acceptors (Lipinski definition) is 7. The average molecular weight is 519 g/mol. The van der Waals surface area contributed by atoms with Gasteiger partial charge in [0.2, 0.25) is 5.06 Å². The van der Waals surface area contributed by atoms with E-state index in [2.05, 4.69) is 41.8 Å². The Labute approximate surface area is 203 Å². The summed E-state index contributed by atoms with van der Waals surface area (Å²) in [5.74, 6) is 1.01. The van der Waals surface area contributed by atoms with Gasteiger partial charge in [0.1, 0.15) is 9.92 Å². The maximum absolute atomic E-state index is 12.3. The van der Waals surface area contributed by atoms with Crippen molar-refractivity contribution in [3.8, 4) is 5.06 Å². The first kappa shape index (κ1) is 25.5. The summed E-state index contributed by atoms with van der Waals surface area (Å²) in [6, 6.07) is 4.76. The van der Waals surface area contributed by atoms with E-state index < -0.39 is 21.2 Å². The van der Waals surface area contributed by atoms with Gasteiger partial charge in [-0.05, 0) is 76.9 Å². The molecule has 1 unspecified atom stereocenters. The van der Waals surface area contributed by atoms with E-state index in [0.29, 0.717) is 24.4 Å². The molecule has 1 N–H and O–H groups in total. The Morgan fingerprint density at radius 1 is 1.25 bits per heavy atom. The lowest BCUT2D eigenvalue weighted by Gasteiger charge is -2.36. The molecular weight excluding hydrogens is 488 g/mol. The molecule has 0 radical (unpaired) electrons. The molecule has 178 valence electrons. The second kappa shape index (κ2) is 10.9. The number of sulfone groups is 1. The molecule has 0 bridgehead atoms. The number of thiophene rings is 2. The molecule has 1 fully saturated rings. The molecule has 1 saturated carbocycles. The quantitative estimate of drug-likeness (QED) is 0.475. The Morgan fingerprint density at radius 2 is 1.94 bits per heavy atom. The number of nitrogens with zero attached hydrogens (tertiary/aromatic N) is 1. The fourth-order valence-electron chi connectivity index (χ4n) is 4.25. The third-order valence-corrected chi connectivity index (χ3v) is 10.8. The van der Waals surface area contributed by atoms with Crippen LogP contribution in [0.5, 0.6) is 5.06 Å². The second-order valence-corrected chi connectivity index (χ2v) is 13.4. The predicted octanol–water partition coefficient (Wildman–Crippen LogP) is 5.84. The summed E-state index contributed by atoms with van der Waals surface area (Å²) < 4.78 is 30.0. The van der Waals surface area contributed by atoms with E-state index in [0.717, 1.165) is 37.0 Å². The minimum Gasteiger partial charge on any atom is -0.398 e. The predicted molar refractivity (Wildman–Crippen MR) is 132 cm³/mol. The first-order valence-corrected chi connectivity index (χ1v) is 14.5. The summed E-state index contributed by atoms with van der Waals surface area (Å²) in [5, 5.41) is 5.87. The third kappa shape index (κ3) is 5.86. The third-order valence-electron chi connectivity index (χ3n) is 6.05. The van der Waals surface area contributed by atoms with Gasteiger partial charge in [-0.3, -0.25) is 0 Å². The Bertz CT molecular complexity index is 995. The molecule has 0 spiro atoms. The fourth-order valence-corrected chi connectivity index (χ4v) is 8.14. The molecule has 2 aromatic rings. The average Bonchev–Trinajstić information content (AvgIpc) is 3.38. The fraction of sp³-hybridized carbons (Fsp3) is 0.591. The summed E-state index contributed by atoms with van der Waals surface area (Å²) >= 11 is 9.01. The number of amides is 1. The van der Waals surface area contributed by atoms with Crippen LogP contribution in [-0.2, 0) is 9.84 Å². The van der Waals surface area contributed by atoms with Gasteiger partial charge >= 0.3 is 6.09 Å². The molecule has 1 aliphatic rings. The van der Waals surface area contributed by atoms with Crippen LogP contribution in [-0.4, -0.2) is 45.3 Å². The molecular formula is C22H31ClN2O4S3. The first-order valence-electron chi connectivity index (χ1n) is 10.8. The van der Waals surface area contributed by atoms with Gasteiger partial charge in [0.05, 0.1) is 5.25 Å². The number of hydrogen-bond donors (Lipinski definition) is 1. The van der Waals surface area contributed by atoms with Gasteiger partial charge in [0, 0.05) is 22.8 Å². The van der Waals surface area contributed by atoms with E-state index in [1.165, 1.54) is 10.3 Å². The molecule has 2 heterocycles. The Kier molecular flexibility index (Phi) is 8.65. The minimum absolute atomic E-state index is 0.0153. The summed E-state index contributed by atoms with van der Waals surface area (Å²) in [6.07, 6.45) is 3.74. The number of carbonyl (C=O) groups is 1. The highest BCUT2D eigenvalue weighted by Gasteiger charge is 2.31. The van der Waals surface area contributed by atoms with Gasteiger partial charge in [0.15, 0.2) is 9.84 Å². The normalized spacial score (nSPS) is 20.5. The van der Waals surface area contributed by atoms with Crippen LogP contribution in [0.15, 0.2) is 27.8 Å². The smallest absolute Gasteiger partial charge is 0.398 e.